The highest BCUT2D eigenvalue weighted by molar-refractivity contribution is 5.76. The highest BCUT2D eigenvalue weighted by Crippen LogP contribution is 2.28. The van der Waals surface area contributed by atoms with Gasteiger partial charge in [-0.05, 0) is 44.4 Å². The summed E-state index contributed by atoms with van der Waals surface area (Å²) in [5.74, 6) is 0. The van der Waals surface area contributed by atoms with Gasteiger partial charge in [0, 0.05) is 11.3 Å². The SMILES string of the molecule is CC1=CC(c2cnn(-c3ccccc3)c2C)=CCC1. The molecule has 0 unspecified atom stereocenters. The van der Waals surface area contributed by atoms with Gasteiger partial charge in [-0.15, -0.1) is 0 Å². The van der Waals surface area contributed by atoms with Crippen molar-refractivity contribution in [3.05, 3.63) is 65.5 Å². The van der Waals surface area contributed by atoms with Gasteiger partial charge in [0.1, 0.15) is 0 Å². The van der Waals surface area contributed by atoms with Gasteiger partial charge in [0.05, 0.1) is 11.9 Å². The molecule has 1 aromatic heterocycles. The summed E-state index contributed by atoms with van der Waals surface area (Å²) in [5, 5.41) is 4.53. The van der Waals surface area contributed by atoms with Crippen LogP contribution in [0.25, 0.3) is 11.3 Å². The van der Waals surface area contributed by atoms with Crippen molar-refractivity contribution in [3.8, 4) is 5.69 Å². The first-order valence-corrected chi connectivity index (χ1v) is 6.73. The molecule has 1 heterocycles. The monoisotopic (exact) mass is 250 g/mol. The van der Waals surface area contributed by atoms with E-state index in [0.29, 0.717) is 0 Å². The van der Waals surface area contributed by atoms with Crippen LogP contribution in [0, 0.1) is 6.92 Å². The van der Waals surface area contributed by atoms with E-state index in [1.807, 2.05) is 29.1 Å². The van der Waals surface area contributed by atoms with Crippen molar-refractivity contribution in [1.82, 2.24) is 9.78 Å². The van der Waals surface area contributed by atoms with Crippen LogP contribution in [0.4, 0.5) is 0 Å². The van der Waals surface area contributed by atoms with Crippen LogP contribution < -0.4 is 0 Å². The van der Waals surface area contributed by atoms with E-state index < -0.39 is 0 Å². The molecule has 0 atom stereocenters. The quantitative estimate of drug-likeness (QED) is 0.776. The van der Waals surface area contributed by atoms with Crippen molar-refractivity contribution in [2.24, 2.45) is 0 Å². The van der Waals surface area contributed by atoms with Crippen molar-refractivity contribution in [2.45, 2.75) is 26.7 Å². The molecule has 1 aliphatic carbocycles. The second kappa shape index (κ2) is 4.88. The van der Waals surface area contributed by atoms with Crippen LogP contribution >= 0.6 is 0 Å². The Hall–Kier alpha value is -2.09. The molecule has 0 bridgehead atoms. The van der Waals surface area contributed by atoms with Crippen LogP contribution in [-0.2, 0) is 0 Å². The second-order valence-corrected chi connectivity index (χ2v) is 5.08. The highest BCUT2D eigenvalue weighted by Gasteiger charge is 2.12. The zero-order valence-corrected chi connectivity index (χ0v) is 11.4. The number of para-hydroxylation sites is 1. The topological polar surface area (TPSA) is 17.8 Å². The number of nitrogens with zero attached hydrogens (tertiary/aromatic N) is 2. The van der Waals surface area contributed by atoms with Crippen LogP contribution in [0.1, 0.15) is 31.0 Å². The lowest BCUT2D eigenvalue weighted by Gasteiger charge is -2.11. The third-order valence-electron chi connectivity index (χ3n) is 3.63. The molecule has 0 saturated heterocycles. The Bertz CT molecular complexity index is 645. The molecule has 1 aromatic carbocycles. The smallest absolute Gasteiger partial charge is 0.0648 e. The van der Waals surface area contributed by atoms with Crippen LogP contribution in [0.3, 0.4) is 0 Å². The number of hydrogen-bond donors (Lipinski definition) is 0. The van der Waals surface area contributed by atoms with Gasteiger partial charge < -0.3 is 0 Å². The summed E-state index contributed by atoms with van der Waals surface area (Å²) in [6, 6.07) is 10.3. The summed E-state index contributed by atoms with van der Waals surface area (Å²) in [6.45, 7) is 4.33. The predicted molar refractivity (Wildman–Crippen MR) is 79.3 cm³/mol. The van der Waals surface area contributed by atoms with Crippen LogP contribution in [-0.4, -0.2) is 9.78 Å². The Balaban J connectivity index is 2.03. The average molecular weight is 250 g/mol. The number of allylic oxidation sites excluding steroid dienone is 4. The molecule has 2 heteroatoms. The van der Waals surface area contributed by atoms with Gasteiger partial charge in [-0.1, -0.05) is 35.9 Å². The molecule has 0 amide bonds. The number of hydrogen-bond acceptors (Lipinski definition) is 1. The molecule has 2 nitrogen and oxygen atoms in total. The molecule has 0 fully saturated rings. The standard InChI is InChI=1S/C17H18N2/c1-13-7-6-8-15(11-13)17-12-18-19(14(17)2)16-9-4-3-5-10-16/h3-5,8-12H,6-7H2,1-2H3. The van der Waals surface area contributed by atoms with Gasteiger partial charge in [0.2, 0.25) is 0 Å². The molecule has 96 valence electrons. The molecule has 3 rings (SSSR count). The third-order valence-corrected chi connectivity index (χ3v) is 3.63. The lowest BCUT2D eigenvalue weighted by Crippen LogP contribution is -1.99. The molecule has 2 aromatic rings. The molecule has 1 aliphatic rings. The van der Waals surface area contributed by atoms with E-state index in [1.54, 1.807) is 0 Å². The molecule has 0 aliphatic heterocycles. The predicted octanol–water partition coefficient (Wildman–Crippen LogP) is 4.30. The maximum Gasteiger partial charge on any atom is 0.0648 e. The van der Waals surface area contributed by atoms with Gasteiger partial charge in [-0.25, -0.2) is 4.68 Å². The molecular formula is C17H18N2. The minimum absolute atomic E-state index is 1.11. The lowest BCUT2D eigenvalue weighted by atomic mass is 9.96. The van der Waals surface area contributed by atoms with Gasteiger partial charge in [0.15, 0.2) is 0 Å². The van der Waals surface area contributed by atoms with Gasteiger partial charge in [-0.2, -0.15) is 5.10 Å². The number of benzene rings is 1. The normalized spacial score (nSPS) is 15.1. The fourth-order valence-electron chi connectivity index (χ4n) is 2.56. The summed E-state index contributed by atoms with van der Waals surface area (Å²) in [6.07, 6.45) is 8.88. The van der Waals surface area contributed by atoms with Crippen molar-refractivity contribution in [3.63, 3.8) is 0 Å². The van der Waals surface area contributed by atoms with Crippen LogP contribution in [0.15, 0.2) is 54.3 Å². The van der Waals surface area contributed by atoms with E-state index in [4.69, 9.17) is 0 Å². The zero-order chi connectivity index (χ0) is 13.2. The minimum Gasteiger partial charge on any atom is -0.237 e. The summed E-state index contributed by atoms with van der Waals surface area (Å²) in [5.41, 5.74) is 6.31. The van der Waals surface area contributed by atoms with E-state index in [1.165, 1.54) is 28.8 Å². The average Bonchev–Trinajstić information content (AvgIpc) is 2.81. The van der Waals surface area contributed by atoms with Gasteiger partial charge in [0.25, 0.3) is 0 Å². The summed E-state index contributed by atoms with van der Waals surface area (Å²) < 4.78 is 2.01. The molecule has 0 N–H and O–H groups in total. The minimum atomic E-state index is 1.11. The summed E-state index contributed by atoms with van der Waals surface area (Å²) in [4.78, 5) is 0. The van der Waals surface area contributed by atoms with Crippen molar-refractivity contribution in [1.29, 1.82) is 0 Å². The van der Waals surface area contributed by atoms with Crippen LogP contribution in [0.5, 0.6) is 0 Å². The van der Waals surface area contributed by atoms with E-state index >= 15 is 0 Å². The molecular weight excluding hydrogens is 232 g/mol. The Morgan fingerprint density at radius 2 is 1.89 bits per heavy atom. The van der Waals surface area contributed by atoms with E-state index in [9.17, 15) is 0 Å². The second-order valence-electron chi connectivity index (χ2n) is 5.08. The van der Waals surface area contributed by atoms with Gasteiger partial charge >= 0.3 is 0 Å². The first-order chi connectivity index (χ1) is 9.25. The Kier molecular flexibility index (Phi) is 3.08. The number of aromatic nitrogens is 2. The Morgan fingerprint density at radius 3 is 2.63 bits per heavy atom. The molecule has 0 radical (unpaired) electrons. The van der Waals surface area contributed by atoms with Crippen molar-refractivity contribution >= 4 is 5.57 Å². The lowest BCUT2D eigenvalue weighted by molar-refractivity contribution is 0.846. The van der Waals surface area contributed by atoms with Gasteiger partial charge in [-0.3, -0.25) is 0 Å². The molecule has 19 heavy (non-hydrogen) atoms. The summed E-state index contributed by atoms with van der Waals surface area (Å²) >= 11 is 0. The number of rotatable bonds is 2. The first kappa shape index (κ1) is 12.0. The van der Waals surface area contributed by atoms with Crippen molar-refractivity contribution < 1.29 is 0 Å². The summed E-state index contributed by atoms with van der Waals surface area (Å²) in [7, 11) is 0. The molecule has 0 saturated carbocycles. The van der Waals surface area contributed by atoms with Crippen molar-refractivity contribution in [2.75, 3.05) is 0 Å². The van der Waals surface area contributed by atoms with E-state index in [0.717, 1.165) is 12.1 Å². The Morgan fingerprint density at radius 1 is 1.11 bits per heavy atom. The fraction of sp³-hybridized carbons (Fsp3) is 0.235. The fourth-order valence-corrected chi connectivity index (χ4v) is 2.56. The molecule has 0 spiro atoms. The highest BCUT2D eigenvalue weighted by atomic mass is 15.3. The maximum absolute atomic E-state index is 4.53. The first-order valence-electron chi connectivity index (χ1n) is 6.73. The largest absolute Gasteiger partial charge is 0.237 e. The van der Waals surface area contributed by atoms with Crippen LogP contribution in [0.2, 0.25) is 0 Å². The zero-order valence-electron chi connectivity index (χ0n) is 11.4. The third kappa shape index (κ3) is 2.26. The maximum atomic E-state index is 4.53. The van der Waals surface area contributed by atoms with E-state index in [2.05, 4.69) is 43.2 Å². The Labute approximate surface area is 114 Å². The van der Waals surface area contributed by atoms with E-state index in [-0.39, 0.29) is 0 Å².